The molecular formula is C23H24N4O5S2. The second-order valence-electron chi connectivity index (χ2n) is 7.50. The Morgan fingerprint density at radius 1 is 1.15 bits per heavy atom. The molecule has 11 heteroatoms. The molecule has 0 atom stereocenters. The van der Waals surface area contributed by atoms with E-state index in [1.165, 1.54) is 29.4 Å². The third-order valence-electron chi connectivity index (χ3n) is 5.19. The van der Waals surface area contributed by atoms with Crippen molar-refractivity contribution in [2.45, 2.75) is 10.8 Å². The van der Waals surface area contributed by atoms with Gasteiger partial charge in [0.25, 0.3) is 5.91 Å². The summed E-state index contributed by atoms with van der Waals surface area (Å²) in [5.41, 5.74) is 1.35. The summed E-state index contributed by atoms with van der Waals surface area (Å²) in [7, 11) is 1.57. The minimum absolute atomic E-state index is 0.0253. The zero-order valence-corrected chi connectivity index (χ0v) is 20.2. The number of piperazine rings is 1. The van der Waals surface area contributed by atoms with Crippen molar-refractivity contribution in [1.82, 2.24) is 14.8 Å². The molecule has 1 N–H and O–H groups in total. The number of methoxy groups -OCH3 is 1. The maximum atomic E-state index is 12.7. The summed E-state index contributed by atoms with van der Waals surface area (Å²) in [5, 5.41) is 4.68. The normalized spacial score (nSPS) is 13.6. The van der Waals surface area contributed by atoms with E-state index in [1.807, 2.05) is 17.5 Å². The van der Waals surface area contributed by atoms with E-state index in [0.717, 1.165) is 4.34 Å². The first kappa shape index (κ1) is 23.8. The molecule has 9 nitrogen and oxygen atoms in total. The lowest BCUT2D eigenvalue weighted by Gasteiger charge is -2.34. The van der Waals surface area contributed by atoms with Crippen LogP contribution in [0.1, 0.15) is 16.2 Å². The molecule has 3 amide bonds. The molecule has 2 aromatic heterocycles. The lowest BCUT2D eigenvalue weighted by Crippen LogP contribution is -2.50. The van der Waals surface area contributed by atoms with Gasteiger partial charge in [0.05, 0.1) is 31.2 Å². The molecular weight excluding hydrogens is 476 g/mol. The molecule has 0 saturated carbocycles. The number of carbonyl (C=O) groups excluding carboxylic acids is 3. The number of hydrogen-bond donors (Lipinski definition) is 1. The molecule has 34 heavy (non-hydrogen) atoms. The number of carbonyl (C=O) groups is 3. The maximum Gasteiger partial charge on any atom is 0.289 e. The summed E-state index contributed by atoms with van der Waals surface area (Å²) < 4.78 is 11.1. The van der Waals surface area contributed by atoms with Crippen LogP contribution < -0.4 is 10.1 Å². The Labute approximate surface area is 205 Å². The Morgan fingerprint density at radius 2 is 1.94 bits per heavy atom. The van der Waals surface area contributed by atoms with Gasteiger partial charge in [0, 0.05) is 43.3 Å². The van der Waals surface area contributed by atoms with Crippen molar-refractivity contribution in [1.29, 1.82) is 0 Å². The predicted molar refractivity (Wildman–Crippen MR) is 129 cm³/mol. The van der Waals surface area contributed by atoms with Crippen molar-refractivity contribution in [2.75, 3.05) is 44.4 Å². The Hall–Kier alpha value is -3.31. The molecule has 0 unspecified atom stereocenters. The number of nitrogens with one attached hydrogen (secondary N) is 1. The predicted octanol–water partition coefficient (Wildman–Crippen LogP) is 3.00. The molecule has 1 saturated heterocycles. The molecule has 1 aromatic carbocycles. The molecule has 0 spiro atoms. The summed E-state index contributed by atoms with van der Waals surface area (Å²) >= 11 is 2.74. The monoisotopic (exact) mass is 500 g/mol. The van der Waals surface area contributed by atoms with Crippen molar-refractivity contribution in [3.63, 3.8) is 0 Å². The van der Waals surface area contributed by atoms with Crippen molar-refractivity contribution in [3.05, 3.63) is 59.5 Å². The minimum Gasteiger partial charge on any atom is -0.497 e. The number of nitrogens with zero attached hydrogens (tertiary/aromatic N) is 3. The minimum atomic E-state index is -0.159. The number of thioether (sulfide) groups is 1. The first-order valence-corrected chi connectivity index (χ1v) is 12.5. The van der Waals surface area contributed by atoms with Crippen LogP contribution in [0.5, 0.6) is 5.75 Å². The first-order valence-electron chi connectivity index (χ1n) is 10.6. The van der Waals surface area contributed by atoms with Crippen LogP contribution in [0.2, 0.25) is 0 Å². The van der Waals surface area contributed by atoms with Gasteiger partial charge >= 0.3 is 0 Å². The summed E-state index contributed by atoms with van der Waals surface area (Å²) in [6.45, 7) is 1.88. The number of amides is 3. The molecule has 3 heterocycles. The van der Waals surface area contributed by atoms with Crippen LogP contribution in [0, 0.1) is 0 Å². The fourth-order valence-corrected chi connectivity index (χ4v) is 5.09. The third kappa shape index (κ3) is 6.17. The van der Waals surface area contributed by atoms with Gasteiger partial charge in [-0.2, -0.15) is 0 Å². The largest absolute Gasteiger partial charge is 0.497 e. The van der Waals surface area contributed by atoms with Gasteiger partial charge in [-0.1, -0.05) is 17.8 Å². The Bertz CT molecular complexity index is 1140. The van der Waals surface area contributed by atoms with E-state index in [1.54, 1.807) is 41.2 Å². The van der Waals surface area contributed by atoms with Gasteiger partial charge in [-0.05, 0) is 24.3 Å². The Balaban J connectivity index is 1.21. The highest BCUT2D eigenvalue weighted by molar-refractivity contribution is 8.01. The van der Waals surface area contributed by atoms with Crippen LogP contribution in [-0.4, -0.2) is 71.5 Å². The highest BCUT2D eigenvalue weighted by Gasteiger charge is 2.26. The second kappa shape index (κ2) is 11.2. The van der Waals surface area contributed by atoms with Crippen molar-refractivity contribution in [2.24, 2.45) is 0 Å². The standard InChI is InChI=1S/C23H24N4O5S2/c1-31-18-5-2-4-16(12-18)24-20(28)15-34-23-25-17(14-33-23)13-21(29)26-7-9-27(10-8-26)22(30)19-6-3-11-32-19/h2-6,11-12,14H,7-10,13,15H2,1H3,(H,24,28). The van der Waals surface area contributed by atoms with Crippen LogP contribution in [0.25, 0.3) is 0 Å². The molecule has 4 rings (SSSR count). The molecule has 178 valence electrons. The van der Waals surface area contributed by atoms with E-state index in [-0.39, 0.29) is 29.9 Å². The van der Waals surface area contributed by atoms with Crippen LogP contribution in [0.4, 0.5) is 5.69 Å². The molecule has 1 aliphatic rings. The number of thiazole rings is 1. The second-order valence-corrected chi connectivity index (χ2v) is 9.58. The van der Waals surface area contributed by atoms with Gasteiger partial charge < -0.3 is 24.3 Å². The smallest absolute Gasteiger partial charge is 0.289 e. The van der Waals surface area contributed by atoms with Crippen LogP contribution >= 0.6 is 23.1 Å². The summed E-state index contributed by atoms with van der Waals surface area (Å²) in [6.07, 6.45) is 1.67. The first-order chi connectivity index (χ1) is 16.5. The SMILES string of the molecule is COc1cccc(NC(=O)CSc2nc(CC(=O)N3CCN(C(=O)c4ccco4)CC3)cs2)c1. The van der Waals surface area contributed by atoms with Crippen molar-refractivity contribution >= 4 is 46.5 Å². The molecule has 0 aliphatic carbocycles. The van der Waals surface area contributed by atoms with Crippen LogP contribution in [0.3, 0.4) is 0 Å². The average Bonchev–Trinajstić information content (AvgIpc) is 3.55. The fraction of sp³-hybridized carbons (Fsp3) is 0.304. The zero-order chi connectivity index (χ0) is 23.9. The van der Waals surface area contributed by atoms with Crippen LogP contribution in [-0.2, 0) is 16.0 Å². The fourth-order valence-electron chi connectivity index (χ4n) is 3.44. The highest BCUT2D eigenvalue weighted by Crippen LogP contribution is 2.24. The molecule has 1 fully saturated rings. The van der Waals surface area contributed by atoms with E-state index in [0.29, 0.717) is 49.1 Å². The van der Waals surface area contributed by atoms with Gasteiger partial charge in [0.2, 0.25) is 11.8 Å². The topological polar surface area (TPSA) is 105 Å². The average molecular weight is 501 g/mol. The van der Waals surface area contributed by atoms with E-state index >= 15 is 0 Å². The summed E-state index contributed by atoms with van der Waals surface area (Å²) in [6, 6.07) is 10.5. The Kier molecular flexibility index (Phi) is 7.86. The van der Waals surface area contributed by atoms with E-state index in [9.17, 15) is 14.4 Å². The number of anilines is 1. The number of ether oxygens (including phenoxy) is 1. The molecule has 3 aromatic rings. The summed E-state index contributed by atoms with van der Waals surface area (Å²) in [4.78, 5) is 45.2. The lowest BCUT2D eigenvalue weighted by atomic mass is 10.2. The van der Waals surface area contributed by atoms with E-state index < -0.39 is 0 Å². The zero-order valence-electron chi connectivity index (χ0n) is 18.6. The number of furan rings is 1. The van der Waals surface area contributed by atoms with E-state index in [2.05, 4.69) is 10.3 Å². The molecule has 0 radical (unpaired) electrons. The number of hydrogen-bond acceptors (Lipinski definition) is 8. The van der Waals surface area contributed by atoms with Gasteiger partial charge in [0.15, 0.2) is 10.1 Å². The number of aromatic nitrogens is 1. The molecule has 1 aliphatic heterocycles. The quantitative estimate of drug-likeness (QED) is 0.474. The van der Waals surface area contributed by atoms with Gasteiger partial charge in [0.1, 0.15) is 5.75 Å². The lowest BCUT2D eigenvalue weighted by molar-refractivity contribution is -0.132. The van der Waals surface area contributed by atoms with Crippen molar-refractivity contribution < 1.29 is 23.5 Å². The summed E-state index contributed by atoms with van der Waals surface area (Å²) in [5.74, 6) is 0.864. The maximum absolute atomic E-state index is 12.7. The molecule has 0 bridgehead atoms. The van der Waals surface area contributed by atoms with Gasteiger partial charge in [-0.15, -0.1) is 11.3 Å². The number of rotatable bonds is 8. The van der Waals surface area contributed by atoms with Gasteiger partial charge in [-0.25, -0.2) is 4.98 Å². The van der Waals surface area contributed by atoms with Crippen molar-refractivity contribution in [3.8, 4) is 5.75 Å². The highest BCUT2D eigenvalue weighted by atomic mass is 32.2. The van der Waals surface area contributed by atoms with E-state index in [4.69, 9.17) is 9.15 Å². The van der Waals surface area contributed by atoms with Crippen LogP contribution in [0.15, 0.2) is 56.8 Å². The third-order valence-corrected chi connectivity index (χ3v) is 7.26. The number of benzene rings is 1. The van der Waals surface area contributed by atoms with Gasteiger partial charge in [-0.3, -0.25) is 14.4 Å². The Morgan fingerprint density at radius 3 is 2.68 bits per heavy atom.